The summed E-state index contributed by atoms with van der Waals surface area (Å²) < 4.78 is 59.1. The van der Waals surface area contributed by atoms with Crippen molar-refractivity contribution in [2.24, 2.45) is 20.5 Å². The van der Waals surface area contributed by atoms with E-state index < -0.39 is 26.7 Å². The molecule has 0 aliphatic rings. The maximum atomic E-state index is 12.0. The molecule has 0 heterocycles. The molecule has 0 saturated carbocycles. The minimum Gasteiger partial charge on any atom is -0.505 e. The molecule has 270 valence electrons. The van der Waals surface area contributed by atoms with Gasteiger partial charge in [-0.05, 0) is 96.2 Å². The molecule has 0 fully saturated rings. The molecule has 16 nitrogen and oxygen atoms in total. The summed E-state index contributed by atoms with van der Waals surface area (Å²) in [6, 6.07) is 27.4. The second kappa shape index (κ2) is 16.3. The molecule has 6 rings (SSSR count). The fourth-order valence-electron chi connectivity index (χ4n) is 5.09. The average molecular weight is 758 g/mol. The molecule has 0 atom stereocenters. The molecular formula is C35H27N5O11S2. The van der Waals surface area contributed by atoms with Crippen molar-refractivity contribution in [1.29, 1.82) is 0 Å². The number of azo groups is 2. The number of phenols is 1. The zero-order valence-electron chi connectivity index (χ0n) is 27.3. The van der Waals surface area contributed by atoms with Gasteiger partial charge in [-0.25, -0.2) is 9.68 Å². The van der Waals surface area contributed by atoms with E-state index in [1.54, 1.807) is 60.7 Å². The molecule has 5 N–H and O–H groups in total. The molecule has 53 heavy (non-hydrogen) atoms. The van der Waals surface area contributed by atoms with Crippen LogP contribution in [0.25, 0.3) is 21.5 Å². The van der Waals surface area contributed by atoms with E-state index in [1.807, 2.05) is 19.1 Å². The Morgan fingerprint density at radius 2 is 1.30 bits per heavy atom. The SMILES string of the molecule is Cc1ccc(COO)cc1N=Nc1ccc(N=Nc2ccc3ccc(Nc4ccc(C(=O)O)cc4)cc3c2O)c2cc(S(=O)(=O)O)ccc12.O=S(=O)=O. The lowest BCUT2D eigenvalue weighted by atomic mass is 10.1. The number of hydrogen-bond acceptors (Lipinski definition) is 14. The smallest absolute Gasteiger partial charge is 0.425 e. The number of carbonyl (C=O) groups is 1. The number of aromatic hydroxyl groups is 1. The van der Waals surface area contributed by atoms with Crippen molar-refractivity contribution < 1.29 is 50.7 Å². The summed E-state index contributed by atoms with van der Waals surface area (Å²) in [5.74, 6) is -1.18. The van der Waals surface area contributed by atoms with E-state index in [0.717, 1.165) is 10.9 Å². The van der Waals surface area contributed by atoms with E-state index in [-0.39, 0.29) is 34.2 Å². The predicted molar refractivity (Wildman–Crippen MR) is 193 cm³/mol. The van der Waals surface area contributed by atoms with Gasteiger partial charge in [0.05, 0.1) is 27.5 Å². The number of benzene rings is 6. The first-order valence-electron chi connectivity index (χ1n) is 15.1. The monoisotopic (exact) mass is 757 g/mol. The van der Waals surface area contributed by atoms with Crippen molar-refractivity contribution in [2.75, 3.05) is 5.32 Å². The zero-order valence-corrected chi connectivity index (χ0v) is 28.9. The Morgan fingerprint density at radius 3 is 1.94 bits per heavy atom. The molecule has 0 spiro atoms. The van der Waals surface area contributed by atoms with E-state index in [4.69, 9.17) is 23.0 Å². The van der Waals surface area contributed by atoms with Crippen LogP contribution in [0.4, 0.5) is 34.1 Å². The fourth-order valence-corrected chi connectivity index (χ4v) is 5.59. The maximum Gasteiger partial charge on any atom is 0.425 e. The number of carboxylic acids is 1. The molecule has 0 aliphatic heterocycles. The molecule has 0 amide bonds. The molecule has 6 aromatic carbocycles. The number of rotatable bonds is 10. The van der Waals surface area contributed by atoms with Crippen molar-refractivity contribution >= 4 is 82.4 Å². The van der Waals surface area contributed by atoms with Gasteiger partial charge < -0.3 is 15.5 Å². The third-order valence-electron chi connectivity index (χ3n) is 7.67. The second-order valence-electron chi connectivity index (χ2n) is 11.2. The Bertz CT molecular complexity index is 2640. The van der Waals surface area contributed by atoms with Gasteiger partial charge in [-0.1, -0.05) is 30.3 Å². The minimum absolute atomic E-state index is 0.0286. The van der Waals surface area contributed by atoms with Crippen LogP contribution >= 0.6 is 0 Å². The molecule has 18 heteroatoms. The number of anilines is 2. The van der Waals surface area contributed by atoms with Crippen molar-refractivity contribution in [2.45, 2.75) is 18.4 Å². The van der Waals surface area contributed by atoms with Gasteiger partial charge >= 0.3 is 16.6 Å². The van der Waals surface area contributed by atoms with Gasteiger partial charge in [-0.15, -0.1) is 28.0 Å². The molecule has 0 aliphatic carbocycles. The summed E-state index contributed by atoms with van der Waals surface area (Å²) in [6.45, 7) is 1.82. The van der Waals surface area contributed by atoms with Crippen molar-refractivity contribution in [1.82, 2.24) is 0 Å². The number of carboxylic acid groups (broad SMARTS) is 1. The Morgan fingerprint density at radius 1 is 0.717 bits per heavy atom. The molecule has 6 aromatic rings. The molecule has 0 bridgehead atoms. The lowest BCUT2D eigenvalue weighted by molar-refractivity contribution is -0.253. The highest BCUT2D eigenvalue weighted by Gasteiger charge is 2.15. The number of aryl methyl sites for hydroxylation is 1. The van der Waals surface area contributed by atoms with Crippen LogP contribution in [0.2, 0.25) is 0 Å². The average Bonchev–Trinajstić information content (AvgIpc) is 3.11. The molecule has 0 saturated heterocycles. The maximum absolute atomic E-state index is 12.0. The quantitative estimate of drug-likeness (QED) is 0.0381. The van der Waals surface area contributed by atoms with Gasteiger partial charge in [0.1, 0.15) is 12.3 Å². The third kappa shape index (κ3) is 9.47. The number of phenolic OH excluding ortho intramolecular Hbond substituents is 1. The van der Waals surface area contributed by atoms with Crippen LogP contribution < -0.4 is 5.32 Å². The van der Waals surface area contributed by atoms with Crippen LogP contribution in [0, 0.1) is 6.92 Å². The van der Waals surface area contributed by atoms with E-state index in [1.165, 1.54) is 30.3 Å². The van der Waals surface area contributed by atoms with Crippen LogP contribution in [-0.2, 0) is 32.2 Å². The number of nitrogens with zero attached hydrogens (tertiary/aromatic N) is 4. The molecule has 0 aromatic heterocycles. The van der Waals surface area contributed by atoms with E-state index in [9.17, 15) is 22.9 Å². The second-order valence-corrected chi connectivity index (χ2v) is 13.0. The Hall–Kier alpha value is -6.44. The van der Waals surface area contributed by atoms with Crippen LogP contribution in [0.5, 0.6) is 5.75 Å². The first kappa shape index (κ1) is 37.8. The van der Waals surface area contributed by atoms with E-state index in [2.05, 4.69) is 30.7 Å². The van der Waals surface area contributed by atoms with Crippen molar-refractivity contribution in [3.05, 3.63) is 120 Å². The summed E-state index contributed by atoms with van der Waals surface area (Å²) in [4.78, 5) is 15.0. The van der Waals surface area contributed by atoms with Gasteiger partial charge in [-0.3, -0.25) is 9.81 Å². The summed E-state index contributed by atoms with van der Waals surface area (Å²) in [5.41, 5.74) is 4.23. The molecular weight excluding hydrogens is 731 g/mol. The van der Waals surface area contributed by atoms with Crippen molar-refractivity contribution in [3.63, 3.8) is 0 Å². The van der Waals surface area contributed by atoms with Gasteiger partial charge in [-0.2, -0.15) is 13.5 Å². The summed E-state index contributed by atoms with van der Waals surface area (Å²) >= 11 is 0. The summed E-state index contributed by atoms with van der Waals surface area (Å²) in [7, 11) is -7.67. The van der Waals surface area contributed by atoms with Gasteiger partial charge in [0.2, 0.25) is 0 Å². The zero-order chi connectivity index (χ0) is 38.3. The first-order chi connectivity index (χ1) is 25.2. The highest BCUT2D eigenvalue weighted by Crippen LogP contribution is 2.40. The normalized spacial score (nSPS) is 11.5. The predicted octanol–water partition coefficient (Wildman–Crippen LogP) is 8.51. The van der Waals surface area contributed by atoms with E-state index in [0.29, 0.717) is 44.5 Å². The number of nitrogens with one attached hydrogen (secondary N) is 1. The highest BCUT2D eigenvalue weighted by molar-refractivity contribution is 7.85. The summed E-state index contributed by atoms with van der Waals surface area (Å²) in [6.07, 6.45) is 0. The van der Waals surface area contributed by atoms with Gasteiger partial charge in [0.25, 0.3) is 10.1 Å². The van der Waals surface area contributed by atoms with Gasteiger partial charge in [0.15, 0.2) is 5.75 Å². The lowest BCUT2D eigenvalue weighted by Crippen LogP contribution is -1.97. The summed E-state index contributed by atoms with van der Waals surface area (Å²) in [5, 5.41) is 51.6. The first-order valence-corrected chi connectivity index (χ1v) is 17.5. The number of aromatic carboxylic acids is 1. The lowest BCUT2D eigenvalue weighted by Gasteiger charge is -2.10. The third-order valence-corrected chi connectivity index (χ3v) is 8.52. The van der Waals surface area contributed by atoms with Crippen molar-refractivity contribution in [3.8, 4) is 5.75 Å². The fraction of sp³-hybridized carbons (Fsp3) is 0.0571. The molecule has 0 unspecified atom stereocenters. The number of fused-ring (bicyclic) bond motifs is 2. The van der Waals surface area contributed by atoms with Gasteiger partial charge in [0, 0.05) is 27.5 Å². The molecule has 0 radical (unpaired) electrons. The minimum atomic E-state index is -4.56. The standard InChI is InChI=1S/C35H27N5O8S.O3S/c1-20-2-3-21(19-48-44)16-33(20)40-37-30-14-15-31(29-18-26(49(45,46)47)11-12-27(29)30)38-39-32-13-7-22-4-10-25(17-28(22)34(32)41)36-24-8-5-23(6-9-24)35(42)43;1-4(2)3/h2-18,36,41,44H,19H2,1H3,(H,42,43)(H,45,46,47);. The van der Waals surface area contributed by atoms with Crippen LogP contribution in [0.15, 0.2) is 128 Å². The van der Waals surface area contributed by atoms with Crippen LogP contribution in [0.3, 0.4) is 0 Å². The Balaban J connectivity index is 0.00000129. The highest BCUT2D eigenvalue weighted by atomic mass is 32.2. The van der Waals surface area contributed by atoms with Crippen LogP contribution in [-0.4, -0.2) is 47.0 Å². The Labute approximate surface area is 302 Å². The number of hydrogen-bond donors (Lipinski definition) is 5. The van der Waals surface area contributed by atoms with E-state index >= 15 is 0 Å². The topological polar surface area (TPSA) is 254 Å². The largest absolute Gasteiger partial charge is 0.505 e. The Kier molecular flexibility index (Phi) is 11.6. The van der Waals surface area contributed by atoms with Crippen LogP contribution in [0.1, 0.15) is 21.5 Å².